The highest BCUT2D eigenvalue weighted by Crippen LogP contribution is 2.43. The highest BCUT2D eigenvalue weighted by atomic mass is 31.2. The first-order valence-electron chi connectivity index (χ1n) is 23.4. The highest BCUT2D eigenvalue weighted by Gasteiger charge is 2.26. The van der Waals surface area contributed by atoms with Crippen LogP contribution in [-0.2, 0) is 32.7 Å². The van der Waals surface area contributed by atoms with Crippen LogP contribution in [0.4, 0.5) is 0 Å². The van der Waals surface area contributed by atoms with Gasteiger partial charge >= 0.3 is 19.8 Å². The molecule has 0 rings (SSSR count). The van der Waals surface area contributed by atoms with Crippen LogP contribution in [0.3, 0.4) is 0 Å². The average molecular weight is 848 g/mol. The van der Waals surface area contributed by atoms with Crippen LogP contribution in [0.5, 0.6) is 0 Å². The molecule has 59 heavy (non-hydrogen) atoms. The van der Waals surface area contributed by atoms with Gasteiger partial charge in [0.1, 0.15) is 6.61 Å². The molecule has 0 aromatic heterocycles. The van der Waals surface area contributed by atoms with E-state index >= 15 is 0 Å². The molecule has 0 aromatic rings. The summed E-state index contributed by atoms with van der Waals surface area (Å²) >= 11 is 0. The lowest BCUT2D eigenvalue weighted by Gasteiger charge is -2.19. The number of phosphoric acid groups is 1. The van der Waals surface area contributed by atoms with Gasteiger partial charge in [0.15, 0.2) is 6.10 Å². The molecule has 0 heterocycles. The molecule has 0 amide bonds. The lowest BCUT2D eigenvalue weighted by atomic mass is 10.0. The summed E-state index contributed by atoms with van der Waals surface area (Å²) in [6, 6.07) is 0. The maximum absolute atomic E-state index is 12.6. The maximum Gasteiger partial charge on any atom is 0.472 e. The summed E-state index contributed by atoms with van der Waals surface area (Å²) in [4.78, 5) is 34.9. The standard InChI is InChI=1S/C49H86NO8P/c1-3-5-7-9-11-13-15-17-19-20-21-22-23-24-25-26-28-29-31-33-35-37-39-41-48(51)55-45-47(46-57-59(53,54)56-44-43-50)58-49(52)42-40-38-36-34-32-30-27-18-16-14-12-10-8-6-4-2/h6,8,12,14-15,17-18,20-21,27,32,34,47H,3-5,7,9-11,13,16,19,22-26,28-31,33,35-46,50H2,1-2H3,(H,53,54)/b8-6-,14-12-,17-15-,21-20-,27-18-,34-32-. The number of carbonyl (C=O) groups excluding carboxylic acids is 2. The van der Waals surface area contributed by atoms with Crippen LogP contribution in [0.2, 0.25) is 0 Å². The molecule has 3 N–H and O–H groups in total. The SMILES string of the molecule is CC/C=C\C/C=C\C/C=C\C/C=C\CCCCC(=O)OC(COC(=O)CCCCCCCCCCCCC/C=C\C/C=C\CCCCCCC)COP(=O)(O)OCCN. The Bertz CT molecular complexity index is 1190. The lowest BCUT2D eigenvalue weighted by molar-refractivity contribution is -0.161. The number of carbonyl (C=O) groups is 2. The van der Waals surface area contributed by atoms with Crippen LogP contribution in [0, 0.1) is 0 Å². The van der Waals surface area contributed by atoms with E-state index in [-0.39, 0.29) is 32.6 Å². The quantitative estimate of drug-likeness (QED) is 0.0266. The Kier molecular flexibility index (Phi) is 43.0. The number of unbranched alkanes of at least 4 members (excludes halogenated alkanes) is 18. The van der Waals surface area contributed by atoms with E-state index in [0.717, 1.165) is 64.2 Å². The van der Waals surface area contributed by atoms with E-state index < -0.39 is 32.5 Å². The van der Waals surface area contributed by atoms with E-state index in [9.17, 15) is 19.0 Å². The van der Waals surface area contributed by atoms with Crippen molar-refractivity contribution in [2.24, 2.45) is 5.73 Å². The van der Waals surface area contributed by atoms with Crippen LogP contribution in [0.25, 0.3) is 0 Å². The molecule has 0 aliphatic heterocycles. The van der Waals surface area contributed by atoms with Gasteiger partial charge in [-0.15, -0.1) is 0 Å². The minimum absolute atomic E-state index is 0.0431. The Morgan fingerprint density at radius 2 is 0.932 bits per heavy atom. The second kappa shape index (κ2) is 45.0. The molecule has 340 valence electrons. The molecular formula is C49H86NO8P. The molecule has 0 saturated heterocycles. The van der Waals surface area contributed by atoms with Crippen molar-refractivity contribution in [3.8, 4) is 0 Å². The van der Waals surface area contributed by atoms with Crippen LogP contribution >= 0.6 is 7.82 Å². The Balaban J connectivity index is 4.12. The molecule has 0 aliphatic rings. The predicted octanol–water partition coefficient (Wildman–Crippen LogP) is 13.8. The van der Waals surface area contributed by atoms with E-state index in [2.05, 4.69) is 86.8 Å². The molecule has 2 unspecified atom stereocenters. The van der Waals surface area contributed by atoms with Crippen LogP contribution < -0.4 is 5.73 Å². The van der Waals surface area contributed by atoms with Crippen molar-refractivity contribution in [3.63, 3.8) is 0 Å². The van der Waals surface area contributed by atoms with Crippen LogP contribution in [0.15, 0.2) is 72.9 Å². The number of ether oxygens (including phenoxy) is 2. The van der Waals surface area contributed by atoms with Crippen molar-refractivity contribution in [2.75, 3.05) is 26.4 Å². The number of hydrogen-bond acceptors (Lipinski definition) is 8. The molecule has 0 radical (unpaired) electrons. The number of phosphoric ester groups is 1. The normalized spacial score (nSPS) is 13.9. The Morgan fingerprint density at radius 3 is 1.42 bits per heavy atom. The van der Waals surface area contributed by atoms with Crippen molar-refractivity contribution >= 4 is 19.8 Å². The third-order valence-corrected chi connectivity index (χ3v) is 10.6. The third-order valence-electron chi connectivity index (χ3n) is 9.58. The Labute approximate surface area is 361 Å². The zero-order chi connectivity index (χ0) is 43.2. The van der Waals surface area contributed by atoms with Gasteiger partial charge < -0.3 is 20.1 Å². The third kappa shape index (κ3) is 44.8. The molecule has 0 bridgehead atoms. The van der Waals surface area contributed by atoms with Crippen molar-refractivity contribution in [1.29, 1.82) is 0 Å². The van der Waals surface area contributed by atoms with E-state index in [1.54, 1.807) is 0 Å². The van der Waals surface area contributed by atoms with Gasteiger partial charge in [0, 0.05) is 19.4 Å². The van der Waals surface area contributed by atoms with Gasteiger partial charge in [-0.1, -0.05) is 170 Å². The monoisotopic (exact) mass is 848 g/mol. The van der Waals surface area contributed by atoms with Gasteiger partial charge in [0.05, 0.1) is 13.2 Å². The molecule has 9 nitrogen and oxygen atoms in total. The fraction of sp³-hybridized carbons (Fsp3) is 0.714. The minimum atomic E-state index is -4.39. The van der Waals surface area contributed by atoms with Gasteiger partial charge in [-0.25, -0.2) is 4.57 Å². The largest absolute Gasteiger partial charge is 0.472 e. The summed E-state index contributed by atoms with van der Waals surface area (Å²) in [6.45, 7) is 3.55. The molecule has 2 atom stereocenters. The van der Waals surface area contributed by atoms with Crippen molar-refractivity contribution in [1.82, 2.24) is 0 Å². The van der Waals surface area contributed by atoms with Crippen molar-refractivity contribution in [2.45, 2.75) is 200 Å². The van der Waals surface area contributed by atoms with Gasteiger partial charge in [-0.3, -0.25) is 18.6 Å². The van der Waals surface area contributed by atoms with E-state index in [1.165, 1.54) is 96.3 Å². The van der Waals surface area contributed by atoms with E-state index in [1.807, 2.05) is 0 Å². The summed E-state index contributed by atoms with van der Waals surface area (Å²) in [5, 5.41) is 0. The average Bonchev–Trinajstić information content (AvgIpc) is 3.22. The number of hydrogen-bond donors (Lipinski definition) is 2. The number of esters is 2. The predicted molar refractivity (Wildman–Crippen MR) is 247 cm³/mol. The Hall–Kier alpha value is -2.55. The topological polar surface area (TPSA) is 134 Å². The van der Waals surface area contributed by atoms with E-state index in [4.69, 9.17) is 24.3 Å². The van der Waals surface area contributed by atoms with Crippen LogP contribution in [0.1, 0.15) is 194 Å². The summed E-state index contributed by atoms with van der Waals surface area (Å²) < 4.78 is 32.8. The minimum Gasteiger partial charge on any atom is -0.462 e. The fourth-order valence-corrected chi connectivity index (χ4v) is 6.89. The number of rotatable bonds is 43. The molecular weight excluding hydrogens is 762 g/mol. The van der Waals surface area contributed by atoms with Gasteiger partial charge in [-0.2, -0.15) is 0 Å². The fourth-order valence-electron chi connectivity index (χ4n) is 6.13. The van der Waals surface area contributed by atoms with Crippen molar-refractivity contribution in [3.05, 3.63) is 72.9 Å². The second-order valence-corrected chi connectivity index (χ2v) is 16.7. The molecule has 0 spiro atoms. The summed E-state index contributed by atoms with van der Waals surface area (Å²) in [5.74, 6) is -0.882. The zero-order valence-electron chi connectivity index (χ0n) is 37.5. The number of allylic oxidation sites excluding steroid dienone is 12. The summed E-state index contributed by atoms with van der Waals surface area (Å²) in [7, 11) is -4.39. The van der Waals surface area contributed by atoms with Gasteiger partial charge in [0.25, 0.3) is 0 Å². The first-order chi connectivity index (χ1) is 28.8. The smallest absolute Gasteiger partial charge is 0.462 e. The summed E-state index contributed by atoms with van der Waals surface area (Å²) in [6.07, 6.45) is 55.1. The Morgan fingerprint density at radius 1 is 0.525 bits per heavy atom. The number of nitrogens with two attached hydrogens (primary N) is 1. The van der Waals surface area contributed by atoms with Crippen molar-refractivity contribution < 1.29 is 37.6 Å². The van der Waals surface area contributed by atoms with E-state index in [0.29, 0.717) is 6.42 Å². The summed E-state index contributed by atoms with van der Waals surface area (Å²) in [5.41, 5.74) is 5.35. The molecule has 0 aromatic carbocycles. The first kappa shape index (κ1) is 56.5. The molecule has 0 saturated carbocycles. The zero-order valence-corrected chi connectivity index (χ0v) is 38.4. The van der Waals surface area contributed by atoms with Gasteiger partial charge in [0.2, 0.25) is 0 Å². The van der Waals surface area contributed by atoms with Crippen LogP contribution in [-0.4, -0.2) is 49.3 Å². The molecule has 0 aliphatic carbocycles. The molecule has 0 fully saturated rings. The first-order valence-corrected chi connectivity index (χ1v) is 24.9. The maximum atomic E-state index is 12.6. The van der Waals surface area contributed by atoms with Gasteiger partial charge in [-0.05, 0) is 83.5 Å². The second-order valence-electron chi connectivity index (χ2n) is 15.2. The highest BCUT2D eigenvalue weighted by molar-refractivity contribution is 7.47. The lowest BCUT2D eigenvalue weighted by Crippen LogP contribution is -2.29. The molecule has 10 heteroatoms.